The van der Waals surface area contributed by atoms with Gasteiger partial charge in [-0.05, 0) is 53.3 Å². The number of benzene rings is 1. The third-order valence-corrected chi connectivity index (χ3v) is 2.88. The van der Waals surface area contributed by atoms with E-state index in [2.05, 4.69) is 27.6 Å². The number of hydrogen-bond acceptors (Lipinski definition) is 2. The van der Waals surface area contributed by atoms with Crippen molar-refractivity contribution in [1.29, 1.82) is 0 Å². The van der Waals surface area contributed by atoms with Gasteiger partial charge in [-0.1, -0.05) is 0 Å². The Morgan fingerprint density at radius 2 is 2.13 bits per heavy atom. The van der Waals surface area contributed by atoms with E-state index in [-0.39, 0.29) is 12.4 Å². The molecule has 2 nitrogen and oxygen atoms in total. The van der Waals surface area contributed by atoms with Gasteiger partial charge in [-0.25, -0.2) is 9.37 Å². The lowest BCUT2D eigenvalue weighted by molar-refractivity contribution is 0.277. The number of hydrogen-bond donors (Lipinski definition) is 1. The van der Waals surface area contributed by atoms with Crippen LogP contribution in [0.5, 0.6) is 0 Å². The van der Waals surface area contributed by atoms with Crippen LogP contribution >= 0.6 is 22.6 Å². The largest absolute Gasteiger partial charge is 0.390 e. The highest BCUT2D eigenvalue weighted by Gasteiger charge is 2.08. The summed E-state index contributed by atoms with van der Waals surface area (Å²) in [7, 11) is 0. The molecule has 0 saturated heterocycles. The lowest BCUT2D eigenvalue weighted by Crippen LogP contribution is -1.95. The van der Waals surface area contributed by atoms with Crippen LogP contribution in [0.25, 0.3) is 10.9 Å². The molecule has 1 aromatic heterocycles. The van der Waals surface area contributed by atoms with Gasteiger partial charge in [-0.15, -0.1) is 0 Å². The first-order valence-electron chi connectivity index (χ1n) is 4.48. The van der Waals surface area contributed by atoms with Crippen molar-refractivity contribution in [2.75, 3.05) is 0 Å². The molecule has 0 radical (unpaired) electrons. The number of nitrogens with zero attached hydrogens (tertiary/aromatic N) is 1. The predicted molar refractivity (Wildman–Crippen MR) is 65.1 cm³/mol. The van der Waals surface area contributed by atoms with Crippen LogP contribution in [-0.4, -0.2) is 10.1 Å². The number of aromatic nitrogens is 1. The van der Waals surface area contributed by atoms with Crippen LogP contribution < -0.4 is 0 Å². The maximum absolute atomic E-state index is 13.6. The van der Waals surface area contributed by atoms with Crippen LogP contribution in [0.15, 0.2) is 18.2 Å². The summed E-state index contributed by atoms with van der Waals surface area (Å²) >= 11 is 2.07. The zero-order valence-electron chi connectivity index (χ0n) is 8.09. The standard InChI is InChI=1S/C11H9FINO/c1-6-2-8(5-15)14-11-9(6)3-7(13)4-10(11)12/h2-4,15H,5H2,1H3. The number of aliphatic hydroxyl groups excluding tert-OH is 1. The van der Waals surface area contributed by atoms with Gasteiger partial charge in [0.05, 0.1) is 12.3 Å². The van der Waals surface area contributed by atoms with Crippen molar-refractivity contribution in [3.63, 3.8) is 0 Å². The molecule has 1 heterocycles. The zero-order chi connectivity index (χ0) is 11.0. The molecule has 0 fully saturated rings. The average molecular weight is 317 g/mol. The molecule has 0 aliphatic heterocycles. The fourth-order valence-corrected chi connectivity index (χ4v) is 2.15. The summed E-state index contributed by atoms with van der Waals surface area (Å²) in [5.41, 5.74) is 1.76. The van der Waals surface area contributed by atoms with Crippen LogP contribution in [0.3, 0.4) is 0 Å². The van der Waals surface area contributed by atoms with E-state index in [4.69, 9.17) is 5.11 Å². The molecule has 0 aliphatic carbocycles. The predicted octanol–water partition coefficient (Wildman–Crippen LogP) is 2.78. The molecule has 1 aromatic carbocycles. The SMILES string of the molecule is Cc1cc(CO)nc2c(F)cc(I)cc12. The average Bonchev–Trinajstić information content (AvgIpc) is 2.19. The molecule has 15 heavy (non-hydrogen) atoms. The summed E-state index contributed by atoms with van der Waals surface area (Å²) < 4.78 is 14.4. The number of halogens is 2. The Balaban J connectivity index is 2.85. The third-order valence-electron chi connectivity index (χ3n) is 2.25. The highest BCUT2D eigenvalue weighted by molar-refractivity contribution is 14.1. The van der Waals surface area contributed by atoms with Crippen molar-refractivity contribution >= 4 is 33.5 Å². The van der Waals surface area contributed by atoms with Gasteiger partial charge in [-0.3, -0.25) is 0 Å². The molecule has 0 spiro atoms. The molecule has 78 valence electrons. The van der Waals surface area contributed by atoms with Gasteiger partial charge < -0.3 is 5.11 Å². The van der Waals surface area contributed by atoms with Crippen LogP contribution in [0.1, 0.15) is 11.3 Å². The minimum absolute atomic E-state index is 0.164. The summed E-state index contributed by atoms with van der Waals surface area (Å²) in [6.07, 6.45) is 0. The highest BCUT2D eigenvalue weighted by Crippen LogP contribution is 2.23. The maximum Gasteiger partial charge on any atom is 0.150 e. The molecule has 0 bridgehead atoms. The van der Waals surface area contributed by atoms with Gasteiger partial charge in [0.2, 0.25) is 0 Å². The Morgan fingerprint density at radius 3 is 2.80 bits per heavy atom. The Kier molecular flexibility index (Phi) is 2.88. The minimum atomic E-state index is -0.338. The van der Waals surface area contributed by atoms with Crippen LogP contribution in [0.2, 0.25) is 0 Å². The molecule has 0 aliphatic rings. The summed E-state index contributed by atoms with van der Waals surface area (Å²) in [4.78, 5) is 4.07. The molecule has 2 aromatic rings. The summed E-state index contributed by atoms with van der Waals surface area (Å²) in [5, 5.41) is 9.78. The summed E-state index contributed by atoms with van der Waals surface area (Å²) in [6, 6.07) is 5.11. The monoisotopic (exact) mass is 317 g/mol. The lowest BCUT2D eigenvalue weighted by atomic mass is 10.1. The molecule has 0 amide bonds. The van der Waals surface area contributed by atoms with E-state index in [0.29, 0.717) is 11.2 Å². The molecule has 2 rings (SSSR count). The summed E-state index contributed by atoms with van der Waals surface area (Å²) in [6.45, 7) is 1.72. The molecule has 0 saturated carbocycles. The van der Waals surface area contributed by atoms with Gasteiger partial charge in [-0.2, -0.15) is 0 Å². The Bertz CT molecular complexity index is 527. The number of aryl methyl sites for hydroxylation is 1. The summed E-state index contributed by atoms with van der Waals surface area (Å²) in [5.74, 6) is -0.338. The zero-order valence-corrected chi connectivity index (χ0v) is 10.2. The number of fused-ring (bicyclic) bond motifs is 1. The van der Waals surface area contributed by atoms with Gasteiger partial charge in [0.1, 0.15) is 11.3 Å². The number of pyridine rings is 1. The van der Waals surface area contributed by atoms with Crippen LogP contribution in [-0.2, 0) is 6.61 Å². The van der Waals surface area contributed by atoms with Crippen LogP contribution in [0.4, 0.5) is 4.39 Å². The van der Waals surface area contributed by atoms with Crippen molar-refractivity contribution in [2.24, 2.45) is 0 Å². The number of aliphatic hydroxyl groups is 1. The molecular formula is C11H9FINO. The maximum atomic E-state index is 13.6. The first-order chi connectivity index (χ1) is 7.11. The fraction of sp³-hybridized carbons (Fsp3) is 0.182. The first-order valence-corrected chi connectivity index (χ1v) is 5.56. The highest BCUT2D eigenvalue weighted by atomic mass is 127. The van der Waals surface area contributed by atoms with Crippen molar-refractivity contribution < 1.29 is 9.50 Å². The smallest absolute Gasteiger partial charge is 0.150 e. The Labute approximate surface area is 100 Å². The molecular weight excluding hydrogens is 308 g/mol. The lowest BCUT2D eigenvalue weighted by Gasteiger charge is -2.06. The molecule has 0 unspecified atom stereocenters. The van der Waals surface area contributed by atoms with Gasteiger partial charge in [0.25, 0.3) is 0 Å². The number of rotatable bonds is 1. The first kappa shape index (κ1) is 10.8. The van der Waals surface area contributed by atoms with E-state index in [1.807, 2.05) is 13.0 Å². The van der Waals surface area contributed by atoms with Crippen LogP contribution in [0, 0.1) is 16.3 Å². The Hall–Kier alpha value is -0.750. The van der Waals surface area contributed by atoms with E-state index >= 15 is 0 Å². The Morgan fingerprint density at radius 1 is 1.40 bits per heavy atom. The van der Waals surface area contributed by atoms with Gasteiger partial charge >= 0.3 is 0 Å². The molecule has 4 heteroatoms. The second-order valence-corrected chi connectivity index (χ2v) is 4.62. The van der Waals surface area contributed by atoms with Crippen molar-refractivity contribution in [1.82, 2.24) is 4.98 Å². The van der Waals surface area contributed by atoms with E-state index in [0.717, 1.165) is 14.5 Å². The van der Waals surface area contributed by atoms with Crippen molar-refractivity contribution in [3.8, 4) is 0 Å². The van der Waals surface area contributed by atoms with Crippen molar-refractivity contribution in [3.05, 3.63) is 38.8 Å². The normalized spacial score (nSPS) is 10.9. The van der Waals surface area contributed by atoms with E-state index in [9.17, 15) is 4.39 Å². The van der Waals surface area contributed by atoms with E-state index in [1.165, 1.54) is 6.07 Å². The quantitative estimate of drug-likeness (QED) is 0.821. The molecule has 1 N–H and O–H groups in total. The topological polar surface area (TPSA) is 33.1 Å². The van der Waals surface area contributed by atoms with E-state index in [1.54, 1.807) is 6.07 Å². The molecule has 0 atom stereocenters. The third kappa shape index (κ3) is 1.96. The second-order valence-electron chi connectivity index (χ2n) is 3.37. The van der Waals surface area contributed by atoms with Gasteiger partial charge in [0.15, 0.2) is 0 Å². The van der Waals surface area contributed by atoms with Gasteiger partial charge in [0, 0.05) is 8.96 Å². The van der Waals surface area contributed by atoms with E-state index < -0.39 is 0 Å². The second kappa shape index (κ2) is 4.02. The minimum Gasteiger partial charge on any atom is -0.390 e. The van der Waals surface area contributed by atoms with Crippen molar-refractivity contribution in [2.45, 2.75) is 13.5 Å². The fourth-order valence-electron chi connectivity index (χ4n) is 1.56.